The standard InChI is InChI=1S/C31H39Cl2N5O7S2/c1-5-34-31(39)22-18-26-28(20-24(22)33)36(7-3)30(38(26)14-10-16-47(43,44)45)12-8-11-29-35(6-2)27-19-23(32)21(4)17-25(27)37(29)13-9-15-46(40,41)42/h8,11-12,17-20H,5-7,9-10,13-16H2,1-4H3,(H2-,34,39,40,41,42,43,44,45)/p+1. The smallest absolute Gasteiger partial charge is 0.282 e. The zero-order valence-electron chi connectivity index (χ0n) is 26.7. The molecule has 1 aliphatic rings. The van der Waals surface area contributed by atoms with Gasteiger partial charge in [-0.05, 0) is 57.9 Å². The maximum atomic E-state index is 12.8. The fraction of sp³-hybridized carbons (Fsp3) is 0.419. The lowest BCUT2D eigenvalue weighted by Crippen LogP contribution is -2.37. The Labute approximate surface area is 285 Å². The van der Waals surface area contributed by atoms with Gasteiger partial charge in [-0.3, -0.25) is 13.9 Å². The summed E-state index contributed by atoms with van der Waals surface area (Å²) in [6.45, 7) is 9.72. The van der Waals surface area contributed by atoms with E-state index in [1.807, 2.05) is 65.2 Å². The molecule has 0 atom stereocenters. The number of anilines is 2. The normalized spacial score (nSPS) is 14.6. The van der Waals surface area contributed by atoms with Crippen LogP contribution in [0.4, 0.5) is 11.4 Å². The van der Waals surface area contributed by atoms with E-state index in [9.17, 15) is 30.7 Å². The number of hydrogen-bond acceptors (Lipinski definition) is 7. The van der Waals surface area contributed by atoms with E-state index in [-0.39, 0.29) is 41.6 Å². The van der Waals surface area contributed by atoms with Gasteiger partial charge in [0.1, 0.15) is 5.82 Å². The topological polar surface area (TPSA) is 153 Å². The number of allylic oxidation sites excluding steroid dienone is 2. The predicted octanol–water partition coefficient (Wildman–Crippen LogP) is 5.07. The number of halogens is 2. The van der Waals surface area contributed by atoms with Crippen LogP contribution in [0.3, 0.4) is 0 Å². The van der Waals surface area contributed by atoms with Gasteiger partial charge in [-0.2, -0.15) is 16.8 Å². The quantitative estimate of drug-likeness (QED) is 0.153. The lowest BCUT2D eigenvalue weighted by atomic mass is 10.1. The molecule has 3 aromatic rings. The molecular weight excluding hydrogens is 689 g/mol. The molecule has 1 aromatic heterocycles. The Balaban J connectivity index is 1.84. The summed E-state index contributed by atoms with van der Waals surface area (Å²) in [7, 11) is -8.34. The summed E-state index contributed by atoms with van der Waals surface area (Å²) in [5, 5.41) is 3.63. The Morgan fingerprint density at radius 1 is 0.915 bits per heavy atom. The summed E-state index contributed by atoms with van der Waals surface area (Å²) in [5.41, 5.74) is 4.28. The zero-order valence-corrected chi connectivity index (χ0v) is 29.8. The highest BCUT2D eigenvalue weighted by molar-refractivity contribution is 7.86. The van der Waals surface area contributed by atoms with Gasteiger partial charge in [0.2, 0.25) is 0 Å². The first-order chi connectivity index (χ1) is 22.1. The highest BCUT2D eigenvalue weighted by atomic mass is 35.5. The largest absolute Gasteiger partial charge is 0.352 e. The predicted molar refractivity (Wildman–Crippen MR) is 187 cm³/mol. The number of amides is 1. The maximum Gasteiger partial charge on any atom is 0.282 e. The third-order valence-electron chi connectivity index (χ3n) is 7.86. The monoisotopic (exact) mass is 728 g/mol. The summed E-state index contributed by atoms with van der Waals surface area (Å²) in [4.78, 5) is 16.8. The van der Waals surface area contributed by atoms with Gasteiger partial charge in [-0.1, -0.05) is 29.3 Å². The SMILES string of the molecule is CCNC(=O)c1cc2c(cc1Cl)n(CC)c(/C=C/C=C1\N(CC)c3cc(Cl)c(C)cc3N1CCCS(=O)(=O)O)[n+]2CCCS(=O)(=O)O. The number of hydrogen-bond donors (Lipinski definition) is 3. The van der Waals surface area contributed by atoms with Crippen molar-refractivity contribution in [2.24, 2.45) is 0 Å². The molecule has 0 unspecified atom stereocenters. The molecule has 12 nitrogen and oxygen atoms in total. The molecular formula is C31H40Cl2N5O7S2+. The highest BCUT2D eigenvalue weighted by Gasteiger charge is 2.31. The van der Waals surface area contributed by atoms with Crippen molar-refractivity contribution in [1.29, 1.82) is 0 Å². The van der Waals surface area contributed by atoms with Crippen molar-refractivity contribution < 1.29 is 35.3 Å². The number of aromatic nitrogens is 2. The minimum Gasteiger partial charge on any atom is -0.352 e. The van der Waals surface area contributed by atoms with E-state index >= 15 is 0 Å². The zero-order chi connectivity index (χ0) is 34.7. The van der Waals surface area contributed by atoms with Gasteiger partial charge in [-0.15, -0.1) is 0 Å². The van der Waals surface area contributed by atoms with Crippen molar-refractivity contribution in [2.75, 3.05) is 40.9 Å². The number of benzene rings is 2. The van der Waals surface area contributed by atoms with Crippen molar-refractivity contribution >= 4 is 77.8 Å². The van der Waals surface area contributed by atoms with Crippen molar-refractivity contribution in [1.82, 2.24) is 9.88 Å². The molecule has 0 saturated carbocycles. The van der Waals surface area contributed by atoms with Gasteiger partial charge in [-0.25, -0.2) is 9.13 Å². The van der Waals surface area contributed by atoms with Crippen LogP contribution in [0.1, 0.15) is 55.4 Å². The molecule has 0 spiro atoms. The Bertz CT molecular complexity index is 1960. The molecule has 2 heterocycles. The Kier molecular flexibility index (Phi) is 11.7. The lowest BCUT2D eigenvalue weighted by Gasteiger charge is -2.24. The summed E-state index contributed by atoms with van der Waals surface area (Å²) >= 11 is 13.1. The fourth-order valence-corrected chi connectivity index (χ4v) is 7.20. The Morgan fingerprint density at radius 2 is 1.57 bits per heavy atom. The van der Waals surface area contributed by atoms with Crippen molar-refractivity contribution in [3.8, 4) is 0 Å². The van der Waals surface area contributed by atoms with Crippen molar-refractivity contribution in [3.05, 3.63) is 69.2 Å². The second-order valence-corrected chi connectivity index (χ2v) is 15.0. The number of nitrogens with zero attached hydrogens (tertiary/aromatic N) is 4. The third-order valence-corrected chi connectivity index (χ3v) is 10.2. The molecule has 4 rings (SSSR count). The van der Waals surface area contributed by atoms with E-state index in [0.717, 1.165) is 28.3 Å². The molecule has 2 aromatic carbocycles. The van der Waals surface area contributed by atoms with Crippen LogP contribution < -0.4 is 19.7 Å². The van der Waals surface area contributed by atoms with Gasteiger partial charge >= 0.3 is 0 Å². The minimum absolute atomic E-state index is 0.119. The second kappa shape index (κ2) is 15.0. The Hall–Kier alpha value is -3.14. The van der Waals surface area contributed by atoms with E-state index in [1.165, 1.54) is 0 Å². The third kappa shape index (κ3) is 8.48. The van der Waals surface area contributed by atoms with Crippen LogP contribution in [-0.2, 0) is 33.3 Å². The fourth-order valence-electron chi connectivity index (χ4n) is 5.81. The van der Waals surface area contributed by atoms with E-state index in [4.69, 9.17) is 23.2 Å². The van der Waals surface area contributed by atoms with Gasteiger partial charge in [0.05, 0.1) is 46.6 Å². The summed E-state index contributed by atoms with van der Waals surface area (Å²) in [5.74, 6) is 0.317. The van der Waals surface area contributed by atoms with Crippen LogP contribution in [0.15, 0.2) is 42.2 Å². The average Bonchev–Trinajstić information content (AvgIpc) is 3.41. The van der Waals surface area contributed by atoms with Crippen LogP contribution in [0.5, 0.6) is 0 Å². The molecule has 0 aliphatic carbocycles. The number of carbonyl (C=O) groups excluding carboxylic acids is 1. The summed E-state index contributed by atoms with van der Waals surface area (Å²) in [6.07, 6.45) is 5.92. The molecule has 1 amide bonds. The first-order valence-electron chi connectivity index (χ1n) is 15.3. The minimum atomic E-state index is -4.19. The van der Waals surface area contributed by atoms with Gasteiger partial charge in [0.15, 0.2) is 11.0 Å². The number of nitrogens with one attached hydrogen (secondary N) is 1. The van der Waals surface area contributed by atoms with Gasteiger partial charge < -0.3 is 15.1 Å². The summed E-state index contributed by atoms with van der Waals surface area (Å²) < 4.78 is 68.7. The van der Waals surface area contributed by atoms with E-state index in [0.29, 0.717) is 42.5 Å². The van der Waals surface area contributed by atoms with E-state index in [2.05, 4.69) is 10.2 Å². The maximum absolute atomic E-state index is 12.8. The van der Waals surface area contributed by atoms with Crippen molar-refractivity contribution in [3.63, 3.8) is 0 Å². The molecule has 256 valence electrons. The van der Waals surface area contributed by atoms with Gasteiger partial charge in [0, 0.05) is 49.3 Å². The highest BCUT2D eigenvalue weighted by Crippen LogP contribution is 2.44. The van der Waals surface area contributed by atoms with Crippen LogP contribution in [0, 0.1) is 6.92 Å². The first kappa shape index (κ1) is 36.7. The van der Waals surface area contributed by atoms with E-state index in [1.54, 1.807) is 19.1 Å². The van der Waals surface area contributed by atoms with Crippen molar-refractivity contribution in [2.45, 2.75) is 53.6 Å². The second-order valence-electron chi connectivity index (χ2n) is 11.1. The molecule has 0 fully saturated rings. The molecule has 0 radical (unpaired) electrons. The molecule has 3 N–H and O–H groups in total. The Morgan fingerprint density at radius 3 is 2.19 bits per heavy atom. The lowest BCUT2D eigenvalue weighted by molar-refractivity contribution is -0.673. The molecule has 0 bridgehead atoms. The summed E-state index contributed by atoms with van der Waals surface area (Å²) in [6, 6.07) is 7.24. The number of rotatable bonds is 14. The molecule has 1 aliphatic heterocycles. The number of carbonyl (C=O) groups is 1. The van der Waals surface area contributed by atoms with Crippen LogP contribution >= 0.6 is 23.2 Å². The van der Waals surface area contributed by atoms with Crippen LogP contribution in [-0.4, -0.2) is 67.6 Å². The van der Waals surface area contributed by atoms with Gasteiger partial charge in [0.25, 0.3) is 32.0 Å². The number of imidazole rings is 1. The van der Waals surface area contributed by atoms with Crippen LogP contribution in [0.25, 0.3) is 17.1 Å². The number of aryl methyl sites for hydroxylation is 3. The average molecular weight is 730 g/mol. The molecule has 47 heavy (non-hydrogen) atoms. The number of fused-ring (bicyclic) bond motifs is 2. The molecule has 16 heteroatoms. The molecule has 0 saturated heterocycles. The van der Waals surface area contributed by atoms with Crippen LogP contribution in [0.2, 0.25) is 10.0 Å². The first-order valence-corrected chi connectivity index (χ1v) is 19.2. The van der Waals surface area contributed by atoms with E-state index < -0.39 is 26.0 Å².